The molecule has 0 saturated heterocycles. The number of hydrogen-bond donors (Lipinski definition) is 2. The maximum Gasteiger partial charge on any atom is 0.251 e. The van der Waals surface area contributed by atoms with Crippen LogP contribution in [0.3, 0.4) is 0 Å². The molecular weight excluding hydrogens is 298 g/mol. The summed E-state index contributed by atoms with van der Waals surface area (Å²) in [5.41, 5.74) is 2.15. The molecule has 1 unspecified atom stereocenters. The number of ether oxygens (including phenoxy) is 1. The van der Waals surface area contributed by atoms with E-state index in [0.717, 1.165) is 11.0 Å². The Labute approximate surface area is 132 Å². The van der Waals surface area contributed by atoms with Crippen molar-refractivity contribution in [1.29, 1.82) is 0 Å². The van der Waals surface area contributed by atoms with Gasteiger partial charge in [-0.05, 0) is 32.0 Å². The van der Waals surface area contributed by atoms with Gasteiger partial charge in [-0.2, -0.15) is 4.98 Å². The fourth-order valence-corrected chi connectivity index (χ4v) is 2.16. The molecule has 3 aromatic rings. The molecule has 0 spiro atoms. The highest BCUT2D eigenvalue weighted by Crippen LogP contribution is 2.13. The number of amides is 1. The molecule has 2 heterocycles. The molecule has 3 rings (SSSR count). The van der Waals surface area contributed by atoms with Gasteiger partial charge in [0.15, 0.2) is 5.82 Å². The van der Waals surface area contributed by atoms with Gasteiger partial charge in [0.2, 0.25) is 5.89 Å². The monoisotopic (exact) mass is 315 g/mol. The van der Waals surface area contributed by atoms with Gasteiger partial charge >= 0.3 is 0 Å². The number of rotatable bonds is 6. The normalized spacial score (nSPS) is 12.4. The Morgan fingerprint density at radius 3 is 3.17 bits per heavy atom. The third-order valence-electron chi connectivity index (χ3n) is 3.35. The van der Waals surface area contributed by atoms with Gasteiger partial charge in [-0.3, -0.25) is 4.79 Å². The van der Waals surface area contributed by atoms with Crippen molar-refractivity contribution < 1.29 is 14.1 Å². The van der Waals surface area contributed by atoms with Crippen LogP contribution in [0.25, 0.3) is 11.0 Å². The fraction of sp³-hybridized carbons (Fsp3) is 0.333. The summed E-state index contributed by atoms with van der Waals surface area (Å²) in [7, 11) is 0. The van der Waals surface area contributed by atoms with Crippen molar-refractivity contribution in [3.8, 4) is 0 Å². The van der Waals surface area contributed by atoms with Crippen LogP contribution in [0, 0.1) is 0 Å². The summed E-state index contributed by atoms with van der Waals surface area (Å²) in [6, 6.07) is 5.25. The summed E-state index contributed by atoms with van der Waals surface area (Å²) < 4.78 is 10.5. The Morgan fingerprint density at radius 1 is 1.48 bits per heavy atom. The van der Waals surface area contributed by atoms with E-state index in [1.165, 1.54) is 0 Å². The number of imidazole rings is 1. The Kier molecular flexibility index (Phi) is 4.33. The molecule has 23 heavy (non-hydrogen) atoms. The predicted octanol–water partition coefficient (Wildman–Crippen LogP) is 1.97. The van der Waals surface area contributed by atoms with Crippen LogP contribution in [-0.4, -0.2) is 32.6 Å². The first-order valence-corrected chi connectivity index (χ1v) is 7.32. The highest BCUT2D eigenvalue weighted by Gasteiger charge is 2.14. The lowest BCUT2D eigenvalue weighted by molar-refractivity contribution is 0.0683. The van der Waals surface area contributed by atoms with Crippen LogP contribution in [0.1, 0.15) is 42.0 Å². The molecule has 2 N–H and O–H groups in total. The lowest BCUT2D eigenvalue weighted by Crippen LogP contribution is -2.23. The van der Waals surface area contributed by atoms with Crippen LogP contribution in [0.5, 0.6) is 0 Å². The Balaban J connectivity index is 1.62. The Morgan fingerprint density at radius 2 is 2.35 bits per heavy atom. The second-order valence-electron chi connectivity index (χ2n) is 4.96. The molecule has 1 aromatic carbocycles. The zero-order valence-corrected chi connectivity index (χ0v) is 12.9. The molecule has 8 nitrogen and oxygen atoms in total. The second-order valence-corrected chi connectivity index (χ2v) is 4.96. The lowest BCUT2D eigenvalue weighted by atomic mass is 10.2. The minimum absolute atomic E-state index is 0.158. The van der Waals surface area contributed by atoms with E-state index in [1.807, 2.05) is 13.8 Å². The van der Waals surface area contributed by atoms with E-state index >= 15 is 0 Å². The molecule has 0 bridgehead atoms. The van der Waals surface area contributed by atoms with E-state index in [2.05, 4.69) is 25.4 Å². The summed E-state index contributed by atoms with van der Waals surface area (Å²) in [6.45, 7) is 4.47. The number of carbonyl (C=O) groups is 1. The number of aromatic amines is 1. The molecule has 0 saturated carbocycles. The first-order chi connectivity index (χ1) is 11.2. The van der Waals surface area contributed by atoms with Gasteiger partial charge in [-0.25, -0.2) is 4.98 Å². The van der Waals surface area contributed by atoms with Crippen LogP contribution in [0.2, 0.25) is 0 Å². The van der Waals surface area contributed by atoms with E-state index in [1.54, 1.807) is 24.5 Å². The summed E-state index contributed by atoms with van der Waals surface area (Å²) in [5.74, 6) is 0.580. The second kappa shape index (κ2) is 6.57. The van der Waals surface area contributed by atoms with Crippen molar-refractivity contribution >= 4 is 16.9 Å². The number of aromatic nitrogens is 4. The minimum Gasteiger partial charge on any atom is -0.371 e. The van der Waals surface area contributed by atoms with Gasteiger partial charge in [0, 0.05) is 12.2 Å². The van der Waals surface area contributed by atoms with Crippen molar-refractivity contribution in [3.05, 3.63) is 41.8 Å². The zero-order chi connectivity index (χ0) is 16.2. The summed E-state index contributed by atoms with van der Waals surface area (Å²) in [4.78, 5) is 23.5. The molecular formula is C15H17N5O3. The van der Waals surface area contributed by atoms with Crippen LogP contribution in [0.15, 0.2) is 29.0 Å². The van der Waals surface area contributed by atoms with E-state index in [-0.39, 0.29) is 18.6 Å². The largest absolute Gasteiger partial charge is 0.371 e. The Hall–Kier alpha value is -2.74. The van der Waals surface area contributed by atoms with E-state index in [4.69, 9.17) is 9.26 Å². The minimum atomic E-state index is -0.240. The summed E-state index contributed by atoms with van der Waals surface area (Å²) >= 11 is 0. The lowest BCUT2D eigenvalue weighted by Gasteiger charge is -2.05. The molecule has 0 fully saturated rings. The fourth-order valence-electron chi connectivity index (χ4n) is 2.16. The first-order valence-electron chi connectivity index (χ1n) is 7.32. The average Bonchev–Trinajstić information content (AvgIpc) is 3.21. The van der Waals surface area contributed by atoms with Crippen LogP contribution < -0.4 is 5.32 Å². The van der Waals surface area contributed by atoms with Crippen molar-refractivity contribution in [3.63, 3.8) is 0 Å². The molecule has 0 aliphatic carbocycles. The third kappa shape index (κ3) is 3.37. The van der Waals surface area contributed by atoms with Crippen molar-refractivity contribution in [1.82, 2.24) is 25.4 Å². The maximum atomic E-state index is 12.2. The smallest absolute Gasteiger partial charge is 0.251 e. The quantitative estimate of drug-likeness (QED) is 0.720. The van der Waals surface area contributed by atoms with Gasteiger partial charge in [0.1, 0.15) is 6.10 Å². The number of hydrogen-bond acceptors (Lipinski definition) is 6. The number of benzene rings is 1. The van der Waals surface area contributed by atoms with Crippen LogP contribution >= 0.6 is 0 Å². The topological polar surface area (TPSA) is 106 Å². The molecule has 0 aliphatic rings. The van der Waals surface area contributed by atoms with Gasteiger partial charge < -0.3 is 19.6 Å². The van der Waals surface area contributed by atoms with Gasteiger partial charge in [-0.15, -0.1) is 0 Å². The predicted molar refractivity (Wildman–Crippen MR) is 81.6 cm³/mol. The zero-order valence-electron chi connectivity index (χ0n) is 12.9. The van der Waals surface area contributed by atoms with E-state index in [9.17, 15) is 4.79 Å². The highest BCUT2D eigenvalue weighted by molar-refractivity contribution is 5.97. The molecule has 8 heteroatoms. The molecule has 1 atom stereocenters. The van der Waals surface area contributed by atoms with Gasteiger partial charge in [0.25, 0.3) is 5.91 Å². The molecule has 0 radical (unpaired) electrons. The number of nitrogens with zero attached hydrogens (tertiary/aromatic N) is 3. The van der Waals surface area contributed by atoms with Crippen LogP contribution in [-0.2, 0) is 11.3 Å². The first kappa shape index (κ1) is 15.2. The van der Waals surface area contributed by atoms with Gasteiger partial charge in [0.05, 0.1) is 23.9 Å². The third-order valence-corrected chi connectivity index (χ3v) is 3.35. The molecule has 0 aliphatic heterocycles. The number of carbonyl (C=O) groups excluding carboxylic acids is 1. The molecule has 120 valence electrons. The average molecular weight is 315 g/mol. The van der Waals surface area contributed by atoms with Crippen molar-refractivity contribution in [2.24, 2.45) is 0 Å². The molecule has 2 aromatic heterocycles. The number of fused-ring (bicyclic) bond motifs is 1. The van der Waals surface area contributed by atoms with E-state index in [0.29, 0.717) is 23.9 Å². The number of nitrogens with one attached hydrogen (secondary N) is 2. The van der Waals surface area contributed by atoms with Crippen molar-refractivity contribution in [2.75, 3.05) is 6.61 Å². The van der Waals surface area contributed by atoms with Crippen molar-refractivity contribution in [2.45, 2.75) is 26.5 Å². The molecule has 1 amide bonds. The maximum absolute atomic E-state index is 12.2. The van der Waals surface area contributed by atoms with Crippen LogP contribution in [0.4, 0.5) is 0 Å². The van der Waals surface area contributed by atoms with E-state index < -0.39 is 0 Å². The Bertz CT molecular complexity index is 810. The SMILES string of the molecule is CCOC(C)c1noc(CNC(=O)c2ccc3nc[nH]c3c2)n1. The summed E-state index contributed by atoms with van der Waals surface area (Å²) in [6.07, 6.45) is 1.35. The standard InChI is InChI=1S/C15H17N5O3/c1-3-22-9(2)14-19-13(23-20-14)7-16-15(21)10-4-5-11-12(6-10)18-8-17-11/h4-6,8-9H,3,7H2,1-2H3,(H,16,21)(H,17,18). The number of H-pyrrole nitrogens is 1. The van der Waals surface area contributed by atoms with Gasteiger partial charge in [-0.1, -0.05) is 5.16 Å². The summed E-state index contributed by atoms with van der Waals surface area (Å²) in [5, 5.41) is 6.59. The highest BCUT2D eigenvalue weighted by atomic mass is 16.5.